The molecule has 2 atom stereocenters. The van der Waals surface area contributed by atoms with Crippen LogP contribution in [-0.2, 0) is 14.3 Å². The van der Waals surface area contributed by atoms with Gasteiger partial charge in [0.2, 0.25) is 5.91 Å². The summed E-state index contributed by atoms with van der Waals surface area (Å²) in [6, 6.07) is 11.6. The van der Waals surface area contributed by atoms with Crippen LogP contribution in [0.5, 0.6) is 0 Å². The molecule has 2 heterocycles. The molecular weight excluding hydrogens is 535 g/mol. The fourth-order valence-corrected chi connectivity index (χ4v) is 5.41. The first-order valence-corrected chi connectivity index (χ1v) is 13.9. The van der Waals surface area contributed by atoms with E-state index in [1.165, 1.54) is 0 Å². The molecule has 4 rings (SSSR count). The first-order chi connectivity index (χ1) is 18.4. The molecule has 0 bridgehead atoms. The molecule has 206 valence electrons. The van der Waals surface area contributed by atoms with E-state index in [2.05, 4.69) is 30.2 Å². The van der Waals surface area contributed by atoms with Gasteiger partial charge in [-0.25, -0.2) is 4.79 Å². The maximum atomic E-state index is 13.2. The number of nitrogens with one attached hydrogen (secondary N) is 1. The molecule has 1 amide bonds. The lowest BCUT2D eigenvalue weighted by Crippen LogP contribution is -2.44. The van der Waals surface area contributed by atoms with E-state index in [0.717, 1.165) is 27.6 Å². The highest BCUT2D eigenvalue weighted by Crippen LogP contribution is 2.32. The van der Waals surface area contributed by atoms with Crippen LogP contribution in [0.4, 0.5) is 0 Å². The summed E-state index contributed by atoms with van der Waals surface area (Å²) in [6.45, 7) is 10.0. The fourth-order valence-electron chi connectivity index (χ4n) is 4.85. The van der Waals surface area contributed by atoms with E-state index in [1.54, 1.807) is 31.7 Å². The van der Waals surface area contributed by atoms with Crippen LogP contribution in [0, 0.1) is 11.3 Å². The molecule has 0 radical (unpaired) electrons. The lowest BCUT2D eigenvalue weighted by Gasteiger charge is -2.30. The Morgan fingerprint density at radius 1 is 1.15 bits per heavy atom. The van der Waals surface area contributed by atoms with E-state index in [9.17, 15) is 9.59 Å². The molecule has 1 aromatic heterocycles. The molecule has 0 saturated carbocycles. The number of hydrogen-bond acceptors (Lipinski definition) is 5. The number of fused-ring (bicyclic) bond motifs is 1. The third-order valence-corrected chi connectivity index (χ3v) is 7.51. The van der Waals surface area contributed by atoms with Crippen LogP contribution in [0.2, 0.25) is 10.0 Å². The van der Waals surface area contributed by atoms with Gasteiger partial charge in [0.1, 0.15) is 11.3 Å². The molecular formula is C30H34Cl2N4O3. The van der Waals surface area contributed by atoms with Crippen molar-refractivity contribution in [2.45, 2.75) is 59.1 Å². The maximum absolute atomic E-state index is 13.2. The first-order valence-electron chi connectivity index (χ1n) is 13.1. The van der Waals surface area contributed by atoms with Crippen LogP contribution in [0.25, 0.3) is 16.5 Å². The molecule has 2 aromatic carbocycles. The van der Waals surface area contributed by atoms with E-state index >= 15 is 0 Å². The Bertz CT molecular complexity index is 1450. The van der Waals surface area contributed by atoms with Gasteiger partial charge >= 0.3 is 5.97 Å². The van der Waals surface area contributed by atoms with Crippen molar-refractivity contribution in [3.8, 4) is 0 Å². The number of ether oxygens (including phenoxy) is 1. The number of rotatable bonds is 7. The van der Waals surface area contributed by atoms with Crippen LogP contribution in [0.15, 0.2) is 48.7 Å². The monoisotopic (exact) mass is 568 g/mol. The number of hydrogen-bond donors (Lipinski definition) is 1. The molecule has 7 nitrogen and oxygen atoms in total. The molecule has 3 aromatic rings. The molecule has 0 unspecified atom stereocenters. The van der Waals surface area contributed by atoms with E-state index in [-0.39, 0.29) is 17.7 Å². The molecule has 0 aliphatic carbocycles. The van der Waals surface area contributed by atoms with Gasteiger partial charge in [0.25, 0.3) is 0 Å². The third kappa shape index (κ3) is 6.36. The van der Waals surface area contributed by atoms with Gasteiger partial charge in [0, 0.05) is 28.5 Å². The van der Waals surface area contributed by atoms with Crippen molar-refractivity contribution in [2.75, 3.05) is 13.1 Å². The van der Waals surface area contributed by atoms with Crippen LogP contribution in [0.1, 0.15) is 64.6 Å². The average Bonchev–Trinajstić information content (AvgIpc) is 3.31. The molecule has 0 fully saturated rings. The topological polar surface area (TPSA) is 88.3 Å². The molecule has 1 N–H and O–H groups in total. The Morgan fingerprint density at radius 3 is 2.51 bits per heavy atom. The van der Waals surface area contributed by atoms with E-state index in [0.29, 0.717) is 36.0 Å². The molecule has 9 heteroatoms. The molecule has 1 aliphatic rings. The van der Waals surface area contributed by atoms with E-state index in [4.69, 9.17) is 33.3 Å². The number of benzene rings is 2. The minimum Gasteiger partial charge on any atom is -0.455 e. The Morgan fingerprint density at radius 2 is 1.90 bits per heavy atom. The zero-order valence-corrected chi connectivity index (χ0v) is 24.4. The summed E-state index contributed by atoms with van der Waals surface area (Å²) in [5, 5.41) is 15.1. The van der Waals surface area contributed by atoms with Crippen molar-refractivity contribution in [2.24, 2.45) is 5.92 Å². The number of amides is 1. The normalized spacial score (nSPS) is 15.6. The smallest absolute Gasteiger partial charge is 0.353 e. The van der Waals surface area contributed by atoms with Crippen molar-refractivity contribution in [3.05, 3.63) is 69.8 Å². The highest BCUT2D eigenvalue weighted by atomic mass is 35.5. The Hall–Kier alpha value is -3.16. The standard InChI is InChI=1S/C30H34Cl2N4O3/c1-6-23(27(33)29(38)39-30(3,4)5)28(37)35-13-11-19(12-14-35)20-7-8-21-17-34-36(26(21)15-20)18(2)24-10-9-22(31)16-25(24)32/h7-11,15-18,23,33H,6,12-14H2,1-5H3/t18-,23-/m1/s1. The first kappa shape index (κ1) is 28.8. The van der Waals surface area contributed by atoms with Gasteiger partial charge in [-0.15, -0.1) is 0 Å². The minimum absolute atomic E-state index is 0.0952. The number of halogens is 2. The predicted molar refractivity (Wildman–Crippen MR) is 157 cm³/mol. The molecule has 0 saturated heterocycles. The summed E-state index contributed by atoms with van der Waals surface area (Å²) in [5.41, 5.74) is 3.12. The number of carbonyl (C=O) groups excluding carboxylic acids is 2. The SMILES string of the molecule is CC[C@H](C(=N)C(=O)OC(C)(C)C)C(=O)N1CC=C(c2ccc3cnn([C@H](C)c4ccc(Cl)cc4Cl)c3c2)CC1. The minimum atomic E-state index is -0.818. The Balaban J connectivity index is 1.52. The Kier molecular flexibility index (Phi) is 8.52. The highest BCUT2D eigenvalue weighted by molar-refractivity contribution is 6.39. The second kappa shape index (κ2) is 11.5. The van der Waals surface area contributed by atoms with Gasteiger partial charge in [-0.1, -0.05) is 54.4 Å². The average molecular weight is 570 g/mol. The van der Waals surface area contributed by atoms with Crippen molar-refractivity contribution >= 4 is 57.3 Å². The number of aromatic nitrogens is 2. The third-order valence-electron chi connectivity index (χ3n) is 6.94. The predicted octanol–water partition coefficient (Wildman–Crippen LogP) is 6.96. The van der Waals surface area contributed by atoms with E-state index in [1.807, 2.05) is 36.0 Å². The van der Waals surface area contributed by atoms with Gasteiger partial charge in [-0.3, -0.25) is 14.9 Å². The van der Waals surface area contributed by atoms with Gasteiger partial charge in [-0.2, -0.15) is 5.10 Å². The summed E-state index contributed by atoms with van der Waals surface area (Å²) in [4.78, 5) is 27.4. The number of carbonyl (C=O) groups is 2. The van der Waals surface area contributed by atoms with Crippen molar-refractivity contribution in [3.63, 3.8) is 0 Å². The summed E-state index contributed by atoms with van der Waals surface area (Å²) in [5.74, 6) is -1.78. The van der Waals surface area contributed by atoms with E-state index < -0.39 is 17.5 Å². The fraction of sp³-hybridized carbons (Fsp3) is 0.400. The maximum Gasteiger partial charge on any atom is 0.353 e. The number of nitrogens with zero attached hydrogens (tertiary/aromatic N) is 3. The zero-order chi connectivity index (χ0) is 28.5. The quantitative estimate of drug-likeness (QED) is 0.246. The molecule has 0 spiro atoms. The van der Waals surface area contributed by atoms with Crippen LogP contribution >= 0.6 is 23.2 Å². The molecule has 1 aliphatic heterocycles. The van der Waals surface area contributed by atoms with Crippen molar-refractivity contribution in [1.82, 2.24) is 14.7 Å². The Labute approximate surface area is 239 Å². The zero-order valence-electron chi connectivity index (χ0n) is 22.9. The number of esters is 1. The second-order valence-corrected chi connectivity index (χ2v) is 11.7. The lowest BCUT2D eigenvalue weighted by molar-refractivity contribution is -0.147. The summed E-state index contributed by atoms with van der Waals surface area (Å²) in [6.07, 6.45) is 4.92. The second-order valence-electron chi connectivity index (χ2n) is 10.8. The van der Waals surface area contributed by atoms with Crippen molar-refractivity contribution < 1.29 is 14.3 Å². The highest BCUT2D eigenvalue weighted by Gasteiger charge is 2.33. The van der Waals surface area contributed by atoms with Crippen LogP contribution < -0.4 is 0 Å². The largest absolute Gasteiger partial charge is 0.455 e. The van der Waals surface area contributed by atoms with Gasteiger partial charge in [0.05, 0.1) is 23.7 Å². The van der Waals surface area contributed by atoms with Gasteiger partial charge in [-0.05, 0) is 75.4 Å². The summed E-state index contributed by atoms with van der Waals surface area (Å²) in [7, 11) is 0. The summed E-state index contributed by atoms with van der Waals surface area (Å²) >= 11 is 12.6. The summed E-state index contributed by atoms with van der Waals surface area (Å²) < 4.78 is 7.28. The van der Waals surface area contributed by atoms with Gasteiger partial charge < -0.3 is 9.64 Å². The molecule has 39 heavy (non-hydrogen) atoms. The lowest BCUT2D eigenvalue weighted by atomic mass is 9.95. The van der Waals surface area contributed by atoms with Gasteiger partial charge in [0.15, 0.2) is 0 Å². The van der Waals surface area contributed by atoms with Crippen LogP contribution in [0.3, 0.4) is 0 Å². The van der Waals surface area contributed by atoms with Crippen molar-refractivity contribution in [1.29, 1.82) is 5.41 Å². The van der Waals surface area contributed by atoms with Crippen LogP contribution in [-0.4, -0.2) is 51.0 Å².